The Labute approximate surface area is 61.7 Å². The van der Waals surface area contributed by atoms with Crippen LogP contribution in [0.2, 0.25) is 0 Å². The van der Waals surface area contributed by atoms with Crippen molar-refractivity contribution in [2.24, 2.45) is 0 Å². The second-order valence-electron chi connectivity index (χ2n) is 0. The summed E-state index contributed by atoms with van der Waals surface area (Å²) in [7, 11) is 0. The van der Waals surface area contributed by atoms with E-state index in [2.05, 4.69) is 0 Å². The van der Waals surface area contributed by atoms with Crippen LogP contribution in [0.4, 0.5) is 4.70 Å². The minimum absolute atomic E-state index is 0. The van der Waals surface area contributed by atoms with Gasteiger partial charge < -0.3 is 7.58 Å². The summed E-state index contributed by atoms with van der Waals surface area (Å²) < 4.78 is 8.17. The van der Waals surface area contributed by atoms with Gasteiger partial charge in [-0.05, 0) is 0 Å². The van der Waals surface area contributed by atoms with E-state index in [1.54, 1.807) is 0 Å². The van der Waals surface area contributed by atoms with E-state index in [0.717, 1.165) is 0 Å². The molecule has 3 N–H and O–H groups in total. The number of hydrogen-bond donors (Lipinski definition) is 1. The number of halogens is 1. The molecule has 5 heteroatoms. The predicted octanol–water partition coefficient (Wildman–Crippen LogP) is -3.07. The fourth-order valence-electron chi connectivity index (χ4n) is 0. The average Bonchev–Trinajstić information content (AvgIpc) is 1.00. The van der Waals surface area contributed by atoms with Gasteiger partial charge in [-0.25, -0.2) is 0 Å². The summed E-state index contributed by atoms with van der Waals surface area (Å²) in [6.45, 7) is 0. The summed E-state index contributed by atoms with van der Waals surface area (Å²) in [5.41, 5.74) is 0. The number of rotatable bonds is 0. The fraction of sp³-hybridized carbons (Fsp3) is 0. The third-order valence-electron chi connectivity index (χ3n) is 0. The monoisotopic (exact) mass is 104 g/mol. The average molecular weight is 104 g/mol. The van der Waals surface area contributed by atoms with E-state index in [1.807, 2.05) is 0 Å². The summed E-state index contributed by atoms with van der Waals surface area (Å²) in [5, 5.41) is 0. The molecule has 0 unspecified atom stereocenters. The third kappa shape index (κ3) is 36.3. The standard InChI is InChI=1S/Al.FH.H3N.Na.O.H/h;1H;1H3;;;/q;;;+1;;-1. The molecule has 0 rings (SSSR count). The topological polar surface area (TPSA) is 52.1 Å². The summed E-state index contributed by atoms with van der Waals surface area (Å²) in [5.74, 6) is 0. The first-order chi connectivity index (χ1) is 1.00. The molecule has 0 aliphatic rings. The Morgan fingerprint density at radius 2 is 1.40 bits per heavy atom. The van der Waals surface area contributed by atoms with Crippen LogP contribution < -0.4 is 35.7 Å². The molecule has 2 nitrogen and oxygen atoms in total. The molecule has 0 aliphatic carbocycles. The predicted molar refractivity (Wildman–Crippen MR) is 15.1 cm³/mol. The Morgan fingerprint density at radius 1 is 1.40 bits per heavy atom. The zero-order valence-electron chi connectivity index (χ0n) is 4.10. The van der Waals surface area contributed by atoms with Crippen LogP contribution in [0.5, 0.6) is 0 Å². The molecular weight excluding hydrogens is 99.0 g/mol. The zero-order chi connectivity index (χ0) is 2.00. The van der Waals surface area contributed by atoms with Gasteiger partial charge in [0.15, 0.2) is 0 Å². The van der Waals surface area contributed by atoms with E-state index in [-0.39, 0.29) is 41.8 Å². The van der Waals surface area contributed by atoms with Crippen LogP contribution in [0.25, 0.3) is 0 Å². The van der Waals surface area contributed by atoms with Crippen LogP contribution in [0.1, 0.15) is 1.43 Å². The van der Waals surface area contributed by atoms with Crippen molar-refractivity contribution in [3.05, 3.63) is 0 Å². The first-order valence-electron chi connectivity index (χ1n) is 0.236. The molecule has 0 amide bonds. The Hall–Kier alpha value is 1.22. The van der Waals surface area contributed by atoms with Crippen LogP contribution in [-0.4, -0.2) is 16.2 Å². The van der Waals surface area contributed by atoms with Crippen LogP contribution in [0, 0.1) is 0 Å². The van der Waals surface area contributed by atoms with Crippen molar-refractivity contribution in [3.8, 4) is 0 Å². The van der Waals surface area contributed by atoms with Crippen LogP contribution in [0.3, 0.4) is 0 Å². The molecule has 0 aromatic carbocycles. The van der Waals surface area contributed by atoms with Crippen molar-refractivity contribution in [1.29, 1.82) is 0 Å². The fourth-order valence-corrected chi connectivity index (χ4v) is 0. The molecule has 1 radical (unpaired) electrons. The molecule has 5 heavy (non-hydrogen) atoms. The molecule has 0 heterocycles. The normalized spacial score (nSPS) is 0.600. The Bertz CT molecular complexity index is 15.5. The van der Waals surface area contributed by atoms with Crippen molar-refractivity contribution in [2.45, 2.75) is 0 Å². The Kier molecular flexibility index (Phi) is 428. The maximum absolute atomic E-state index is 8.17. The van der Waals surface area contributed by atoms with Gasteiger partial charge in [-0.3, -0.25) is 4.70 Å². The van der Waals surface area contributed by atoms with E-state index in [1.165, 1.54) is 16.2 Å². The van der Waals surface area contributed by atoms with E-state index in [9.17, 15) is 0 Å². The maximum atomic E-state index is 8.17. The van der Waals surface area contributed by atoms with Gasteiger partial charge in [0.05, 0.1) is 0 Å². The summed E-state index contributed by atoms with van der Waals surface area (Å²) in [6.07, 6.45) is 0. The van der Waals surface area contributed by atoms with E-state index in [0.29, 0.717) is 0 Å². The van der Waals surface area contributed by atoms with Gasteiger partial charge in [0, 0.05) is 0 Å². The molecule has 0 fully saturated rings. The first-order valence-corrected chi connectivity index (χ1v) is 0.707. The van der Waals surface area contributed by atoms with Gasteiger partial charge in [0.1, 0.15) is 0 Å². The SMILES string of the molecule is F.N.[H-].[Na+].[O]=[Al]. The zero-order valence-corrected chi connectivity index (χ0v) is 6.26. The van der Waals surface area contributed by atoms with E-state index < -0.39 is 0 Å². The molecule has 0 atom stereocenters. The molecule has 0 aromatic rings. The second kappa shape index (κ2) is 62.3. The van der Waals surface area contributed by atoms with Gasteiger partial charge in [-0.2, -0.15) is 0 Å². The Balaban J connectivity index is -0.000000000833. The van der Waals surface area contributed by atoms with E-state index in [4.69, 9.17) is 3.80 Å². The van der Waals surface area contributed by atoms with Gasteiger partial charge in [0.25, 0.3) is 0 Å². The second-order valence-corrected chi connectivity index (χ2v) is 0. The van der Waals surface area contributed by atoms with Crippen molar-refractivity contribution in [1.82, 2.24) is 6.15 Å². The molecule has 0 saturated heterocycles. The first kappa shape index (κ1) is 34.4. The molecular formula is H5AlFNNaO. The molecule has 0 aliphatic heterocycles. The third-order valence-corrected chi connectivity index (χ3v) is 0. The molecule has 0 saturated carbocycles. The van der Waals surface area contributed by atoms with Gasteiger partial charge in [0.2, 0.25) is 0 Å². The van der Waals surface area contributed by atoms with Crippen molar-refractivity contribution >= 4 is 16.2 Å². The van der Waals surface area contributed by atoms with Crippen molar-refractivity contribution in [3.63, 3.8) is 0 Å². The number of hydrogen-bond acceptors (Lipinski definition) is 2. The van der Waals surface area contributed by atoms with Crippen molar-refractivity contribution < 1.29 is 39.5 Å². The molecule has 0 bridgehead atoms. The van der Waals surface area contributed by atoms with Crippen LogP contribution >= 0.6 is 0 Å². The minimum atomic E-state index is 0. The van der Waals surface area contributed by atoms with Crippen LogP contribution in [0.15, 0.2) is 0 Å². The Morgan fingerprint density at radius 3 is 1.40 bits per heavy atom. The van der Waals surface area contributed by atoms with Crippen molar-refractivity contribution in [2.75, 3.05) is 0 Å². The molecule has 0 aromatic heterocycles. The van der Waals surface area contributed by atoms with Gasteiger partial charge >= 0.3 is 49.6 Å². The summed E-state index contributed by atoms with van der Waals surface area (Å²) in [4.78, 5) is 0. The molecule has 0 spiro atoms. The summed E-state index contributed by atoms with van der Waals surface area (Å²) >= 11 is 1.17. The van der Waals surface area contributed by atoms with Gasteiger partial charge in [-0.1, -0.05) is 0 Å². The quantitative estimate of drug-likeness (QED) is 0.331. The van der Waals surface area contributed by atoms with Crippen LogP contribution in [-0.2, 0) is 3.80 Å². The molecule has 27 valence electrons. The van der Waals surface area contributed by atoms with Gasteiger partial charge in [-0.15, -0.1) is 0 Å². The van der Waals surface area contributed by atoms with E-state index >= 15 is 0 Å². The summed E-state index contributed by atoms with van der Waals surface area (Å²) in [6, 6.07) is 0.